The van der Waals surface area contributed by atoms with Crippen LogP contribution < -0.4 is 4.74 Å². The van der Waals surface area contributed by atoms with Crippen molar-refractivity contribution in [1.82, 2.24) is 0 Å². The van der Waals surface area contributed by atoms with Crippen molar-refractivity contribution in [2.45, 2.75) is 25.9 Å². The predicted octanol–water partition coefficient (Wildman–Crippen LogP) is 4.78. The van der Waals surface area contributed by atoms with Gasteiger partial charge in [0.15, 0.2) is 5.78 Å². The highest BCUT2D eigenvalue weighted by Gasteiger charge is 2.33. The Hall–Kier alpha value is -2.79. The molecule has 6 heteroatoms. The number of methoxy groups -OCH3 is 1. The van der Waals surface area contributed by atoms with Crippen LogP contribution in [0.1, 0.15) is 25.3 Å². The van der Waals surface area contributed by atoms with E-state index in [-0.39, 0.29) is 29.6 Å². The van der Waals surface area contributed by atoms with Crippen molar-refractivity contribution in [1.29, 1.82) is 0 Å². The van der Waals surface area contributed by atoms with Crippen molar-refractivity contribution in [2.24, 2.45) is 0 Å². The van der Waals surface area contributed by atoms with Crippen LogP contribution in [0, 0.1) is 0 Å². The summed E-state index contributed by atoms with van der Waals surface area (Å²) < 4.78 is 16.4. The Labute approximate surface area is 162 Å². The summed E-state index contributed by atoms with van der Waals surface area (Å²) >= 11 is 5.96. The molecule has 0 saturated heterocycles. The van der Waals surface area contributed by atoms with Gasteiger partial charge in [-0.2, -0.15) is 0 Å². The number of carbonyl (C=O) groups excluding carboxylic acids is 2. The van der Waals surface area contributed by atoms with Crippen LogP contribution in [-0.2, 0) is 19.1 Å². The van der Waals surface area contributed by atoms with Crippen LogP contribution in [0.2, 0.25) is 5.02 Å². The van der Waals surface area contributed by atoms with Gasteiger partial charge in [0, 0.05) is 17.0 Å². The molecular weight excluding hydrogens is 368 g/mol. The monoisotopic (exact) mass is 386 g/mol. The van der Waals surface area contributed by atoms with Gasteiger partial charge >= 0.3 is 5.97 Å². The fraction of sp³-hybridized carbons (Fsp3) is 0.238. The van der Waals surface area contributed by atoms with Gasteiger partial charge in [-0.1, -0.05) is 24.6 Å². The van der Waals surface area contributed by atoms with Gasteiger partial charge in [-0.3, -0.25) is 4.79 Å². The Kier molecular flexibility index (Phi) is 5.81. The third-order valence-electron chi connectivity index (χ3n) is 4.20. The number of Topliss-reactive ketones (excluding diaryl/α,β-unsaturated/α-hetero) is 1. The second-order valence-electron chi connectivity index (χ2n) is 6.05. The number of ketones is 1. The molecule has 27 heavy (non-hydrogen) atoms. The fourth-order valence-corrected chi connectivity index (χ4v) is 2.97. The lowest BCUT2D eigenvalue weighted by Crippen LogP contribution is -2.29. The number of hydrogen-bond acceptors (Lipinski definition) is 5. The highest BCUT2D eigenvalue weighted by Crippen LogP contribution is 2.32. The van der Waals surface area contributed by atoms with Crippen molar-refractivity contribution in [3.63, 3.8) is 0 Å². The molecule has 1 aliphatic heterocycles. The molecule has 0 amide bonds. The van der Waals surface area contributed by atoms with Crippen molar-refractivity contribution < 1.29 is 23.8 Å². The number of hydrogen-bond donors (Lipinski definition) is 0. The quantitative estimate of drug-likeness (QED) is 0.546. The summed E-state index contributed by atoms with van der Waals surface area (Å²) in [5.74, 6) is 0.493. The first-order valence-corrected chi connectivity index (χ1v) is 8.96. The highest BCUT2D eigenvalue weighted by atomic mass is 35.5. The molecule has 0 N–H and O–H groups in total. The molecule has 1 atom stereocenters. The van der Waals surface area contributed by atoms with E-state index in [1.165, 1.54) is 7.11 Å². The summed E-state index contributed by atoms with van der Waals surface area (Å²) in [4.78, 5) is 24.5. The lowest BCUT2D eigenvalue weighted by Gasteiger charge is -2.26. The van der Waals surface area contributed by atoms with Gasteiger partial charge in [0.05, 0.1) is 7.11 Å². The molecule has 1 unspecified atom stereocenters. The van der Waals surface area contributed by atoms with E-state index in [2.05, 4.69) is 0 Å². The van der Waals surface area contributed by atoms with E-state index < -0.39 is 5.97 Å². The van der Waals surface area contributed by atoms with Crippen LogP contribution in [0.3, 0.4) is 0 Å². The molecule has 0 radical (unpaired) electrons. The van der Waals surface area contributed by atoms with Crippen LogP contribution in [0.15, 0.2) is 54.1 Å². The Bertz CT molecular complexity index is 886. The molecule has 1 heterocycles. The van der Waals surface area contributed by atoms with E-state index in [0.717, 1.165) is 0 Å². The van der Waals surface area contributed by atoms with Crippen molar-refractivity contribution in [3.05, 3.63) is 64.7 Å². The third kappa shape index (κ3) is 4.31. The van der Waals surface area contributed by atoms with Crippen LogP contribution in [0.4, 0.5) is 0 Å². The minimum Gasteiger partial charge on any atom is -0.488 e. The smallest absolute Gasteiger partial charge is 0.345 e. The fourth-order valence-electron chi connectivity index (χ4n) is 2.79. The first-order chi connectivity index (χ1) is 13.0. The third-order valence-corrected chi connectivity index (χ3v) is 4.43. The van der Waals surface area contributed by atoms with Gasteiger partial charge in [-0.15, -0.1) is 0 Å². The van der Waals surface area contributed by atoms with E-state index in [1.807, 2.05) is 6.92 Å². The SMILES string of the molecule is CCC1CC(=O)C(C(=O)OC)=C(c2ccc(Oc3cccc(Cl)c3)cc2)O1. The highest BCUT2D eigenvalue weighted by molar-refractivity contribution is 6.30. The lowest BCUT2D eigenvalue weighted by atomic mass is 9.96. The summed E-state index contributed by atoms with van der Waals surface area (Å²) in [6.07, 6.45) is 0.573. The average Bonchev–Trinajstić information content (AvgIpc) is 2.67. The molecule has 0 saturated carbocycles. The molecule has 0 fully saturated rings. The Morgan fingerprint density at radius 2 is 1.93 bits per heavy atom. The zero-order chi connectivity index (χ0) is 19.4. The average molecular weight is 387 g/mol. The Balaban J connectivity index is 1.91. The standard InChI is InChI=1S/C21H19ClO5/c1-3-15-12-18(23)19(21(24)25-2)20(27-15)13-7-9-16(10-8-13)26-17-6-4-5-14(22)11-17/h4-11,15H,3,12H2,1-2H3. The van der Waals surface area contributed by atoms with Gasteiger partial charge in [0.2, 0.25) is 0 Å². The molecule has 0 bridgehead atoms. The predicted molar refractivity (Wildman–Crippen MR) is 102 cm³/mol. The van der Waals surface area contributed by atoms with Gasteiger partial charge in [-0.05, 0) is 48.9 Å². The Morgan fingerprint density at radius 3 is 2.56 bits per heavy atom. The first-order valence-electron chi connectivity index (χ1n) is 8.58. The normalized spacial score (nSPS) is 16.7. The van der Waals surface area contributed by atoms with E-state index >= 15 is 0 Å². The number of esters is 1. The van der Waals surface area contributed by atoms with E-state index in [0.29, 0.717) is 28.5 Å². The van der Waals surface area contributed by atoms with Gasteiger partial charge in [0.1, 0.15) is 28.9 Å². The molecule has 0 spiro atoms. The maximum absolute atomic E-state index is 12.4. The molecule has 2 aromatic carbocycles. The number of carbonyl (C=O) groups is 2. The van der Waals surface area contributed by atoms with E-state index in [4.69, 9.17) is 25.8 Å². The summed E-state index contributed by atoms with van der Waals surface area (Å²) in [5.41, 5.74) is 0.561. The van der Waals surface area contributed by atoms with Crippen molar-refractivity contribution in [3.8, 4) is 11.5 Å². The number of benzene rings is 2. The molecule has 1 aliphatic rings. The van der Waals surface area contributed by atoms with Crippen molar-refractivity contribution in [2.75, 3.05) is 7.11 Å². The van der Waals surface area contributed by atoms with Gasteiger partial charge in [0.25, 0.3) is 0 Å². The summed E-state index contributed by atoms with van der Waals surface area (Å²) in [6, 6.07) is 14.0. The molecule has 3 rings (SSSR count). The minimum atomic E-state index is -0.691. The molecular formula is C21H19ClO5. The zero-order valence-corrected chi connectivity index (χ0v) is 15.8. The Morgan fingerprint density at radius 1 is 1.19 bits per heavy atom. The first kappa shape index (κ1) is 19.0. The van der Waals surface area contributed by atoms with Crippen LogP contribution >= 0.6 is 11.6 Å². The topological polar surface area (TPSA) is 61.8 Å². The number of ether oxygens (including phenoxy) is 3. The van der Waals surface area contributed by atoms with E-state index in [1.54, 1.807) is 48.5 Å². The number of halogens is 1. The molecule has 2 aromatic rings. The summed E-state index contributed by atoms with van der Waals surface area (Å²) in [7, 11) is 1.24. The minimum absolute atomic E-state index is 0.0503. The molecule has 140 valence electrons. The largest absolute Gasteiger partial charge is 0.488 e. The zero-order valence-electron chi connectivity index (χ0n) is 15.0. The van der Waals surface area contributed by atoms with Crippen molar-refractivity contribution >= 4 is 29.1 Å². The second kappa shape index (κ2) is 8.27. The maximum Gasteiger partial charge on any atom is 0.345 e. The second-order valence-corrected chi connectivity index (χ2v) is 6.49. The summed E-state index contributed by atoms with van der Waals surface area (Å²) in [6.45, 7) is 1.93. The van der Waals surface area contributed by atoms with E-state index in [9.17, 15) is 9.59 Å². The summed E-state index contributed by atoms with van der Waals surface area (Å²) in [5, 5.41) is 0.580. The van der Waals surface area contributed by atoms with Gasteiger partial charge < -0.3 is 14.2 Å². The number of rotatable bonds is 5. The van der Waals surface area contributed by atoms with Gasteiger partial charge in [-0.25, -0.2) is 4.79 Å². The maximum atomic E-state index is 12.4. The van der Waals surface area contributed by atoms with Crippen LogP contribution in [-0.4, -0.2) is 25.0 Å². The van der Waals surface area contributed by atoms with Crippen LogP contribution in [0.25, 0.3) is 5.76 Å². The molecule has 0 aromatic heterocycles. The molecule has 0 aliphatic carbocycles. The lowest BCUT2D eigenvalue weighted by molar-refractivity contribution is -0.138. The molecule has 5 nitrogen and oxygen atoms in total. The van der Waals surface area contributed by atoms with Crippen LogP contribution in [0.5, 0.6) is 11.5 Å².